The van der Waals surface area contributed by atoms with E-state index in [1.165, 1.54) is 22.3 Å². The van der Waals surface area contributed by atoms with Gasteiger partial charge in [-0.1, -0.05) is 58.0 Å². The first-order chi connectivity index (χ1) is 9.00. The number of hydrogen-bond acceptors (Lipinski definition) is 1. The molecule has 0 radical (unpaired) electrons. The third-order valence-corrected chi connectivity index (χ3v) is 3.66. The minimum absolute atomic E-state index is 0.518. The van der Waals surface area contributed by atoms with E-state index < -0.39 is 0 Å². The summed E-state index contributed by atoms with van der Waals surface area (Å²) in [5, 5.41) is 7.66. The number of benzene rings is 1. The Bertz CT molecular complexity index is 545. The summed E-state index contributed by atoms with van der Waals surface area (Å²) in [5.74, 6) is 1.06. The zero-order valence-corrected chi connectivity index (χ0v) is 12.3. The molecule has 1 heteroatoms. The molecule has 0 unspecified atom stereocenters. The second-order valence-electron chi connectivity index (χ2n) is 5.84. The second-order valence-corrected chi connectivity index (χ2v) is 5.84. The van der Waals surface area contributed by atoms with Crippen LogP contribution in [0.4, 0.5) is 0 Å². The molecule has 19 heavy (non-hydrogen) atoms. The molecule has 0 spiro atoms. The SMILES string of the molecule is CC(C)c1cccc(C2=CCC(=N)C=C2)c1C(C)C. The van der Waals surface area contributed by atoms with Crippen LogP contribution in [0.15, 0.2) is 36.4 Å². The third kappa shape index (κ3) is 2.86. The maximum Gasteiger partial charge on any atom is 0.0352 e. The van der Waals surface area contributed by atoms with Crippen LogP contribution in [-0.2, 0) is 0 Å². The van der Waals surface area contributed by atoms with Gasteiger partial charge < -0.3 is 5.41 Å². The van der Waals surface area contributed by atoms with Gasteiger partial charge in [0.15, 0.2) is 0 Å². The fraction of sp³-hybridized carbons (Fsp3) is 0.389. The predicted octanol–water partition coefficient (Wildman–Crippen LogP) is 5.30. The second kappa shape index (κ2) is 5.56. The van der Waals surface area contributed by atoms with E-state index in [9.17, 15) is 0 Å². The van der Waals surface area contributed by atoms with Crippen molar-refractivity contribution in [2.24, 2.45) is 0 Å². The van der Waals surface area contributed by atoms with Crippen molar-refractivity contribution < 1.29 is 0 Å². The lowest BCUT2D eigenvalue weighted by Crippen LogP contribution is -2.04. The molecule has 0 aliphatic heterocycles. The maximum atomic E-state index is 7.66. The molecule has 1 aliphatic carbocycles. The van der Waals surface area contributed by atoms with Gasteiger partial charge in [-0.15, -0.1) is 0 Å². The zero-order valence-electron chi connectivity index (χ0n) is 12.3. The molecule has 0 amide bonds. The van der Waals surface area contributed by atoms with Crippen LogP contribution in [0.25, 0.3) is 5.57 Å². The number of hydrogen-bond donors (Lipinski definition) is 1. The lowest BCUT2D eigenvalue weighted by Gasteiger charge is -2.21. The molecule has 1 nitrogen and oxygen atoms in total. The molecule has 0 bridgehead atoms. The Labute approximate surface area is 116 Å². The first kappa shape index (κ1) is 13.8. The van der Waals surface area contributed by atoms with Gasteiger partial charge in [0.1, 0.15) is 0 Å². The summed E-state index contributed by atoms with van der Waals surface area (Å²) in [7, 11) is 0. The van der Waals surface area contributed by atoms with E-state index in [1.54, 1.807) is 0 Å². The molecule has 0 heterocycles. The Morgan fingerprint density at radius 3 is 2.26 bits per heavy atom. The van der Waals surface area contributed by atoms with Crippen LogP contribution in [-0.4, -0.2) is 5.71 Å². The van der Waals surface area contributed by atoms with E-state index in [-0.39, 0.29) is 0 Å². The van der Waals surface area contributed by atoms with Crippen molar-refractivity contribution in [1.82, 2.24) is 0 Å². The molecule has 1 N–H and O–H groups in total. The topological polar surface area (TPSA) is 23.9 Å². The number of allylic oxidation sites excluding steroid dienone is 4. The lowest BCUT2D eigenvalue weighted by molar-refractivity contribution is 0.787. The van der Waals surface area contributed by atoms with Crippen molar-refractivity contribution >= 4 is 11.3 Å². The van der Waals surface area contributed by atoms with E-state index in [4.69, 9.17) is 5.41 Å². The Morgan fingerprint density at radius 1 is 1.00 bits per heavy atom. The van der Waals surface area contributed by atoms with Crippen molar-refractivity contribution in [3.8, 4) is 0 Å². The van der Waals surface area contributed by atoms with E-state index in [0.29, 0.717) is 17.5 Å². The number of nitrogens with one attached hydrogen (secondary N) is 1. The minimum atomic E-state index is 0.518. The first-order valence-corrected chi connectivity index (χ1v) is 7.09. The molecule has 0 saturated carbocycles. The van der Waals surface area contributed by atoms with Gasteiger partial charge in [0.05, 0.1) is 0 Å². The summed E-state index contributed by atoms with van der Waals surface area (Å²) < 4.78 is 0. The highest BCUT2D eigenvalue weighted by molar-refractivity contribution is 6.00. The van der Waals surface area contributed by atoms with Crippen molar-refractivity contribution in [3.63, 3.8) is 0 Å². The summed E-state index contributed by atoms with van der Waals surface area (Å²) in [4.78, 5) is 0. The molecule has 1 aliphatic rings. The molecule has 1 aromatic carbocycles. The number of rotatable bonds is 3. The summed E-state index contributed by atoms with van der Waals surface area (Å²) in [6.45, 7) is 9.04. The maximum absolute atomic E-state index is 7.66. The standard InChI is InChI=1S/C18H23N/c1-12(2)16-6-5-7-17(18(16)13(3)4)14-8-10-15(19)11-9-14/h5-10,12-13,19H,11H2,1-4H3. The molecular formula is C18H23N. The summed E-state index contributed by atoms with van der Waals surface area (Å²) in [5.41, 5.74) is 6.20. The van der Waals surface area contributed by atoms with Crippen LogP contribution >= 0.6 is 0 Å². The fourth-order valence-corrected chi connectivity index (χ4v) is 2.73. The average Bonchev–Trinajstić information content (AvgIpc) is 2.38. The quantitative estimate of drug-likeness (QED) is 0.756. The fourth-order valence-electron chi connectivity index (χ4n) is 2.73. The van der Waals surface area contributed by atoms with Gasteiger partial charge in [0.25, 0.3) is 0 Å². The summed E-state index contributed by atoms with van der Waals surface area (Å²) in [6, 6.07) is 6.62. The summed E-state index contributed by atoms with van der Waals surface area (Å²) in [6.07, 6.45) is 6.92. The molecule has 0 saturated heterocycles. The minimum Gasteiger partial charge on any atom is -0.305 e. The van der Waals surface area contributed by atoms with Crippen LogP contribution < -0.4 is 0 Å². The zero-order chi connectivity index (χ0) is 14.0. The van der Waals surface area contributed by atoms with Crippen LogP contribution in [0, 0.1) is 5.41 Å². The Morgan fingerprint density at radius 2 is 1.74 bits per heavy atom. The Kier molecular flexibility index (Phi) is 4.04. The first-order valence-electron chi connectivity index (χ1n) is 7.09. The molecule has 100 valence electrons. The van der Waals surface area contributed by atoms with Crippen LogP contribution in [0.3, 0.4) is 0 Å². The van der Waals surface area contributed by atoms with Crippen molar-refractivity contribution in [3.05, 3.63) is 53.1 Å². The van der Waals surface area contributed by atoms with Crippen molar-refractivity contribution in [2.75, 3.05) is 0 Å². The van der Waals surface area contributed by atoms with E-state index in [1.807, 2.05) is 6.08 Å². The van der Waals surface area contributed by atoms with Gasteiger partial charge in [-0.3, -0.25) is 0 Å². The Hall–Kier alpha value is -1.63. The molecule has 0 aromatic heterocycles. The van der Waals surface area contributed by atoms with Gasteiger partial charge >= 0.3 is 0 Å². The molecule has 0 fully saturated rings. The van der Waals surface area contributed by atoms with Gasteiger partial charge in [-0.2, -0.15) is 0 Å². The predicted molar refractivity (Wildman–Crippen MR) is 84.1 cm³/mol. The smallest absolute Gasteiger partial charge is 0.0352 e. The van der Waals surface area contributed by atoms with Crippen molar-refractivity contribution in [2.45, 2.75) is 46.0 Å². The van der Waals surface area contributed by atoms with E-state index in [0.717, 1.165) is 6.42 Å². The van der Waals surface area contributed by atoms with Gasteiger partial charge in [-0.25, -0.2) is 0 Å². The highest BCUT2D eigenvalue weighted by Crippen LogP contribution is 2.34. The molecular weight excluding hydrogens is 230 g/mol. The van der Waals surface area contributed by atoms with Crippen LogP contribution in [0.1, 0.15) is 62.6 Å². The largest absolute Gasteiger partial charge is 0.305 e. The highest BCUT2D eigenvalue weighted by atomic mass is 14.4. The average molecular weight is 253 g/mol. The lowest BCUT2D eigenvalue weighted by atomic mass is 9.83. The summed E-state index contributed by atoms with van der Waals surface area (Å²) >= 11 is 0. The molecule has 2 rings (SSSR count). The highest BCUT2D eigenvalue weighted by Gasteiger charge is 2.16. The van der Waals surface area contributed by atoms with Gasteiger partial charge in [0.2, 0.25) is 0 Å². The van der Waals surface area contributed by atoms with Crippen molar-refractivity contribution in [1.29, 1.82) is 5.41 Å². The van der Waals surface area contributed by atoms with E-state index >= 15 is 0 Å². The molecule has 1 aromatic rings. The Balaban J connectivity index is 2.55. The van der Waals surface area contributed by atoms with Crippen LogP contribution in [0.5, 0.6) is 0 Å². The van der Waals surface area contributed by atoms with E-state index in [2.05, 4.69) is 58.0 Å². The normalized spacial score (nSPS) is 15.3. The third-order valence-electron chi connectivity index (χ3n) is 3.66. The van der Waals surface area contributed by atoms with Crippen LogP contribution in [0.2, 0.25) is 0 Å². The van der Waals surface area contributed by atoms with Gasteiger partial charge in [-0.05, 0) is 40.2 Å². The van der Waals surface area contributed by atoms with Gasteiger partial charge in [0, 0.05) is 12.1 Å². The molecule has 0 atom stereocenters. The monoisotopic (exact) mass is 253 g/mol.